The van der Waals surface area contributed by atoms with Gasteiger partial charge in [0.15, 0.2) is 0 Å². The van der Waals surface area contributed by atoms with E-state index in [2.05, 4.69) is 25.1 Å². The fourth-order valence-electron chi connectivity index (χ4n) is 2.11. The molecule has 2 aliphatic rings. The molecule has 3 rings (SSSR count). The standard InChI is InChI=1S/C9H16N2.C2H3N3/c1-2-5-9-10-6-4-8-11(9)7-3-1;1-3-2-5-4-1/h1-8H2;1-2H,(H,3,4,5). The minimum absolute atomic E-state index is 1.08. The lowest BCUT2D eigenvalue weighted by atomic mass is 10.2. The minimum Gasteiger partial charge on any atom is -0.360 e. The molecular formula is C11H19N5. The summed E-state index contributed by atoms with van der Waals surface area (Å²) in [5, 5.41) is 5.99. The molecule has 0 aliphatic carbocycles. The van der Waals surface area contributed by atoms with Gasteiger partial charge in [0.2, 0.25) is 0 Å². The van der Waals surface area contributed by atoms with Gasteiger partial charge in [-0.15, -0.1) is 0 Å². The Bertz CT molecular complexity index is 289. The van der Waals surface area contributed by atoms with Gasteiger partial charge in [0.25, 0.3) is 0 Å². The van der Waals surface area contributed by atoms with Crippen molar-refractivity contribution in [1.82, 2.24) is 20.1 Å². The van der Waals surface area contributed by atoms with E-state index in [1.54, 1.807) is 0 Å². The molecule has 1 aromatic heterocycles. The smallest absolute Gasteiger partial charge is 0.137 e. The number of amidine groups is 1. The maximum Gasteiger partial charge on any atom is 0.137 e. The van der Waals surface area contributed by atoms with E-state index in [0.29, 0.717) is 0 Å². The van der Waals surface area contributed by atoms with Crippen molar-refractivity contribution >= 4 is 5.84 Å². The summed E-state index contributed by atoms with van der Waals surface area (Å²) in [6, 6.07) is 0. The molecule has 0 radical (unpaired) electrons. The number of rotatable bonds is 0. The molecule has 5 heteroatoms. The average Bonchev–Trinajstić information content (AvgIpc) is 2.81. The topological polar surface area (TPSA) is 57.2 Å². The highest BCUT2D eigenvalue weighted by atomic mass is 15.2. The van der Waals surface area contributed by atoms with Gasteiger partial charge in [-0.3, -0.25) is 10.1 Å². The summed E-state index contributed by atoms with van der Waals surface area (Å²) in [4.78, 5) is 10.6. The Morgan fingerprint density at radius 2 is 2.06 bits per heavy atom. The third-order valence-electron chi connectivity index (χ3n) is 2.91. The third-order valence-corrected chi connectivity index (χ3v) is 2.91. The quantitative estimate of drug-likeness (QED) is 0.721. The fourth-order valence-corrected chi connectivity index (χ4v) is 2.11. The number of aliphatic imine (C=N–C) groups is 1. The summed E-state index contributed by atoms with van der Waals surface area (Å²) >= 11 is 0. The molecule has 1 fully saturated rings. The predicted octanol–water partition coefficient (Wildman–Crippen LogP) is 1.47. The van der Waals surface area contributed by atoms with Crippen LogP contribution < -0.4 is 0 Å². The second-order valence-corrected chi connectivity index (χ2v) is 4.10. The molecule has 2 aliphatic heterocycles. The minimum atomic E-state index is 1.08. The highest BCUT2D eigenvalue weighted by Crippen LogP contribution is 2.15. The Labute approximate surface area is 96.0 Å². The number of aromatic amines is 1. The van der Waals surface area contributed by atoms with Crippen molar-refractivity contribution in [3.63, 3.8) is 0 Å². The zero-order valence-electron chi connectivity index (χ0n) is 9.60. The van der Waals surface area contributed by atoms with Gasteiger partial charge >= 0.3 is 0 Å². The van der Waals surface area contributed by atoms with Crippen LogP contribution in [0.5, 0.6) is 0 Å². The van der Waals surface area contributed by atoms with Crippen LogP contribution in [0, 0.1) is 0 Å². The summed E-state index contributed by atoms with van der Waals surface area (Å²) in [6.07, 6.45) is 9.59. The van der Waals surface area contributed by atoms with E-state index < -0.39 is 0 Å². The molecule has 16 heavy (non-hydrogen) atoms. The van der Waals surface area contributed by atoms with Crippen molar-refractivity contribution < 1.29 is 0 Å². The molecule has 0 spiro atoms. The van der Waals surface area contributed by atoms with E-state index in [-0.39, 0.29) is 0 Å². The molecular weight excluding hydrogens is 202 g/mol. The highest BCUT2D eigenvalue weighted by molar-refractivity contribution is 5.83. The first-order chi connectivity index (χ1) is 7.97. The largest absolute Gasteiger partial charge is 0.360 e. The maximum absolute atomic E-state index is 4.55. The Morgan fingerprint density at radius 1 is 1.12 bits per heavy atom. The fraction of sp³-hybridized carbons (Fsp3) is 0.727. The highest BCUT2D eigenvalue weighted by Gasteiger charge is 2.16. The van der Waals surface area contributed by atoms with E-state index in [1.807, 2.05) is 0 Å². The molecule has 0 saturated carbocycles. The summed E-state index contributed by atoms with van der Waals surface area (Å²) in [6.45, 7) is 3.60. The SMILES string of the molecule is C1CCC2=NCCCN2CC1.c1nc[nH]n1. The lowest BCUT2D eigenvalue weighted by Crippen LogP contribution is -2.34. The third kappa shape index (κ3) is 3.32. The predicted molar refractivity (Wildman–Crippen MR) is 63.3 cm³/mol. The first-order valence-corrected chi connectivity index (χ1v) is 6.04. The number of nitrogens with zero attached hydrogens (tertiary/aromatic N) is 4. The molecule has 1 saturated heterocycles. The zero-order valence-corrected chi connectivity index (χ0v) is 9.60. The van der Waals surface area contributed by atoms with Crippen LogP contribution in [0.1, 0.15) is 32.1 Å². The number of H-pyrrole nitrogens is 1. The summed E-state index contributed by atoms with van der Waals surface area (Å²) in [5.74, 6) is 1.40. The van der Waals surface area contributed by atoms with Crippen LogP contribution in [0.4, 0.5) is 0 Å². The average molecular weight is 221 g/mol. The van der Waals surface area contributed by atoms with Crippen LogP contribution in [0.2, 0.25) is 0 Å². The molecule has 5 nitrogen and oxygen atoms in total. The summed E-state index contributed by atoms with van der Waals surface area (Å²) in [5.41, 5.74) is 0. The number of aromatic nitrogens is 3. The molecule has 1 aromatic rings. The van der Waals surface area contributed by atoms with Gasteiger partial charge in [-0.25, -0.2) is 4.98 Å². The Morgan fingerprint density at radius 3 is 2.81 bits per heavy atom. The monoisotopic (exact) mass is 221 g/mol. The lowest BCUT2D eigenvalue weighted by molar-refractivity contribution is 0.391. The molecule has 0 atom stereocenters. The molecule has 0 aromatic carbocycles. The number of hydrogen-bond acceptors (Lipinski definition) is 4. The lowest BCUT2D eigenvalue weighted by Gasteiger charge is -2.27. The van der Waals surface area contributed by atoms with Gasteiger partial charge in [-0.05, 0) is 19.3 Å². The van der Waals surface area contributed by atoms with Gasteiger partial charge in [0.1, 0.15) is 12.7 Å². The van der Waals surface area contributed by atoms with E-state index in [4.69, 9.17) is 0 Å². The van der Waals surface area contributed by atoms with E-state index in [1.165, 1.54) is 63.7 Å². The van der Waals surface area contributed by atoms with E-state index in [9.17, 15) is 0 Å². The molecule has 1 N–H and O–H groups in total. The van der Waals surface area contributed by atoms with Crippen molar-refractivity contribution in [3.8, 4) is 0 Å². The normalized spacial score (nSPS) is 20.0. The van der Waals surface area contributed by atoms with Crippen molar-refractivity contribution in [2.75, 3.05) is 19.6 Å². The number of fused-ring (bicyclic) bond motifs is 1. The second-order valence-electron chi connectivity index (χ2n) is 4.10. The molecule has 0 bridgehead atoms. The van der Waals surface area contributed by atoms with Crippen LogP contribution in [0.15, 0.2) is 17.6 Å². The number of nitrogens with one attached hydrogen (secondary N) is 1. The van der Waals surface area contributed by atoms with Crippen LogP contribution in [0.25, 0.3) is 0 Å². The first-order valence-electron chi connectivity index (χ1n) is 6.04. The van der Waals surface area contributed by atoms with Gasteiger partial charge < -0.3 is 4.90 Å². The van der Waals surface area contributed by atoms with Crippen LogP contribution in [-0.4, -0.2) is 45.6 Å². The van der Waals surface area contributed by atoms with E-state index >= 15 is 0 Å². The molecule has 0 unspecified atom stereocenters. The van der Waals surface area contributed by atoms with Crippen molar-refractivity contribution in [2.24, 2.45) is 4.99 Å². The Balaban J connectivity index is 0.000000162. The Kier molecular flexibility index (Phi) is 4.34. The Hall–Kier alpha value is -1.39. The van der Waals surface area contributed by atoms with Gasteiger partial charge in [0, 0.05) is 26.1 Å². The van der Waals surface area contributed by atoms with Gasteiger partial charge in [-0.2, -0.15) is 5.10 Å². The zero-order chi connectivity index (χ0) is 11.1. The van der Waals surface area contributed by atoms with E-state index in [0.717, 1.165) is 6.54 Å². The summed E-state index contributed by atoms with van der Waals surface area (Å²) < 4.78 is 0. The van der Waals surface area contributed by atoms with Crippen molar-refractivity contribution in [3.05, 3.63) is 12.7 Å². The van der Waals surface area contributed by atoms with Crippen LogP contribution in [-0.2, 0) is 0 Å². The maximum atomic E-state index is 4.55. The second kappa shape index (κ2) is 6.25. The molecule has 0 amide bonds. The number of hydrogen-bond donors (Lipinski definition) is 1. The molecule has 3 heterocycles. The van der Waals surface area contributed by atoms with Crippen LogP contribution >= 0.6 is 0 Å². The first kappa shape index (κ1) is 11.1. The summed E-state index contributed by atoms with van der Waals surface area (Å²) in [7, 11) is 0. The van der Waals surface area contributed by atoms with Crippen molar-refractivity contribution in [1.29, 1.82) is 0 Å². The van der Waals surface area contributed by atoms with Gasteiger partial charge in [-0.1, -0.05) is 6.42 Å². The van der Waals surface area contributed by atoms with Crippen molar-refractivity contribution in [2.45, 2.75) is 32.1 Å². The van der Waals surface area contributed by atoms with Gasteiger partial charge in [0.05, 0.1) is 5.84 Å². The molecule has 88 valence electrons. The van der Waals surface area contributed by atoms with Crippen LogP contribution in [0.3, 0.4) is 0 Å².